The van der Waals surface area contributed by atoms with E-state index in [2.05, 4.69) is 6.92 Å². The van der Waals surface area contributed by atoms with Crippen molar-refractivity contribution in [2.45, 2.75) is 90.9 Å². The van der Waals surface area contributed by atoms with Crippen molar-refractivity contribution >= 4 is 11.6 Å². The SMILES string of the molecule is CCCCCCCCCCC1(C)C(=O)CCCC1=O. The molecule has 0 bridgehead atoms. The first kappa shape index (κ1) is 16.4. The van der Waals surface area contributed by atoms with Crippen LogP contribution in [0.2, 0.25) is 0 Å². The van der Waals surface area contributed by atoms with Crippen LogP contribution in [0.5, 0.6) is 0 Å². The van der Waals surface area contributed by atoms with Crippen molar-refractivity contribution in [2.75, 3.05) is 0 Å². The molecule has 0 amide bonds. The van der Waals surface area contributed by atoms with E-state index in [4.69, 9.17) is 0 Å². The molecule has 0 spiro atoms. The second kappa shape index (κ2) is 8.50. The van der Waals surface area contributed by atoms with Gasteiger partial charge in [0.25, 0.3) is 0 Å². The Morgan fingerprint density at radius 2 is 1.32 bits per heavy atom. The number of Topliss-reactive ketones (excluding diaryl/α,β-unsaturated/α-hetero) is 2. The molecule has 1 fully saturated rings. The Hall–Kier alpha value is -0.660. The maximum Gasteiger partial charge on any atom is 0.146 e. The van der Waals surface area contributed by atoms with Crippen molar-refractivity contribution in [3.63, 3.8) is 0 Å². The van der Waals surface area contributed by atoms with E-state index in [9.17, 15) is 9.59 Å². The summed E-state index contributed by atoms with van der Waals surface area (Å²) in [5.74, 6) is 0.374. The molecule has 0 aromatic carbocycles. The third kappa shape index (κ3) is 5.08. The van der Waals surface area contributed by atoms with Crippen molar-refractivity contribution in [3.8, 4) is 0 Å². The number of carbonyl (C=O) groups is 2. The molecule has 0 unspecified atom stereocenters. The minimum absolute atomic E-state index is 0.187. The maximum absolute atomic E-state index is 11.9. The van der Waals surface area contributed by atoms with Crippen LogP contribution in [-0.2, 0) is 9.59 Å². The summed E-state index contributed by atoms with van der Waals surface area (Å²) in [7, 11) is 0. The number of rotatable bonds is 9. The van der Waals surface area contributed by atoms with Crippen LogP contribution in [0.3, 0.4) is 0 Å². The van der Waals surface area contributed by atoms with Crippen LogP contribution in [0.15, 0.2) is 0 Å². The number of unbranched alkanes of at least 4 members (excludes halogenated alkanes) is 7. The van der Waals surface area contributed by atoms with Crippen LogP contribution in [-0.4, -0.2) is 11.6 Å². The van der Waals surface area contributed by atoms with Gasteiger partial charge in [0.1, 0.15) is 11.6 Å². The van der Waals surface area contributed by atoms with Crippen molar-refractivity contribution in [3.05, 3.63) is 0 Å². The van der Waals surface area contributed by atoms with Gasteiger partial charge in [0.15, 0.2) is 0 Å². The van der Waals surface area contributed by atoms with E-state index in [0.29, 0.717) is 12.8 Å². The van der Waals surface area contributed by atoms with Gasteiger partial charge < -0.3 is 0 Å². The molecule has 0 radical (unpaired) electrons. The molecule has 2 heteroatoms. The molecule has 0 saturated heterocycles. The first-order chi connectivity index (χ1) is 9.11. The summed E-state index contributed by atoms with van der Waals surface area (Å²) >= 11 is 0. The predicted molar refractivity (Wildman–Crippen MR) is 79.2 cm³/mol. The van der Waals surface area contributed by atoms with E-state index in [1.165, 1.54) is 44.9 Å². The van der Waals surface area contributed by atoms with Gasteiger partial charge in [0.05, 0.1) is 5.41 Å². The second-order valence-corrected chi connectivity index (χ2v) is 6.26. The number of carbonyl (C=O) groups excluding carboxylic acids is 2. The Labute approximate surface area is 118 Å². The Morgan fingerprint density at radius 1 is 0.842 bits per heavy atom. The van der Waals surface area contributed by atoms with Gasteiger partial charge in [-0.3, -0.25) is 9.59 Å². The van der Waals surface area contributed by atoms with Crippen LogP contribution in [0.1, 0.15) is 90.9 Å². The topological polar surface area (TPSA) is 34.1 Å². The van der Waals surface area contributed by atoms with Crippen LogP contribution in [0.4, 0.5) is 0 Å². The molecule has 19 heavy (non-hydrogen) atoms. The molecule has 1 aliphatic rings. The summed E-state index contributed by atoms with van der Waals surface area (Å²) in [5.41, 5.74) is -0.638. The third-order valence-corrected chi connectivity index (χ3v) is 4.57. The lowest BCUT2D eigenvalue weighted by molar-refractivity contribution is -0.143. The number of ketones is 2. The first-order valence-electron chi connectivity index (χ1n) is 8.18. The molecule has 0 N–H and O–H groups in total. The first-order valence-corrected chi connectivity index (χ1v) is 8.18. The van der Waals surface area contributed by atoms with E-state index in [0.717, 1.165) is 19.3 Å². The highest BCUT2D eigenvalue weighted by Crippen LogP contribution is 2.34. The summed E-state index contributed by atoms with van der Waals surface area (Å²) < 4.78 is 0. The molecule has 2 nitrogen and oxygen atoms in total. The smallest absolute Gasteiger partial charge is 0.146 e. The van der Waals surface area contributed by atoms with Crippen molar-refractivity contribution in [2.24, 2.45) is 5.41 Å². The molecule has 0 heterocycles. The molecule has 0 aromatic rings. The summed E-state index contributed by atoms with van der Waals surface area (Å²) in [5, 5.41) is 0. The Balaban J connectivity index is 2.14. The Kier molecular flexibility index (Phi) is 7.33. The van der Waals surface area contributed by atoms with Gasteiger partial charge in [-0.1, -0.05) is 58.3 Å². The molecule has 1 rings (SSSR count). The normalized spacial score (nSPS) is 18.8. The Morgan fingerprint density at radius 3 is 1.84 bits per heavy atom. The molecular formula is C17H30O2. The van der Waals surface area contributed by atoms with Gasteiger partial charge in [0, 0.05) is 12.8 Å². The number of hydrogen-bond acceptors (Lipinski definition) is 2. The van der Waals surface area contributed by atoms with Gasteiger partial charge in [-0.05, 0) is 19.8 Å². The van der Waals surface area contributed by atoms with Crippen molar-refractivity contribution < 1.29 is 9.59 Å². The lowest BCUT2D eigenvalue weighted by atomic mass is 9.70. The van der Waals surface area contributed by atoms with Gasteiger partial charge >= 0.3 is 0 Å². The quantitative estimate of drug-likeness (QED) is 0.442. The van der Waals surface area contributed by atoms with E-state index >= 15 is 0 Å². The van der Waals surface area contributed by atoms with Gasteiger partial charge in [0.2, 0.25) is 0 Å². The zero-order chi connectivity index (χ0) is 14.1. The van der Waals surface area contributed by atoms with Gasteiger partial charge in [-0.25, -0.2) is 0 Å². The van der Waals surface area contributed by atoms with Crippen LogP contribution >= 0.6 is 0 Å². The average Bonchev–Trinajstić information content (AvgIpc) is 2.39. The van der Waals surface area contributed by atoms with Crippen LogP contribution in [0, 0.1) is 5.41 Å². The summed E-state index contributed by atoms with van der Waals surface area (Å²) in [6.45, 7) is 4.11. The zero-order valence-corrected chi connectivity index (χ0v) is 12.8. The van der Waals surface area contributed by atoms with Gasteiger partial charge in [-0.2, -0.15) is 0 Å². The second-order valence-electron chi connectivity index (χ2n) is 6.26. The molecular weight excluding hydrogens is 236 g/mol. The fraction of sp³-hybridized carbons (Fsp3) is 0.882. The molecule has 110 valence electrons. The van der Waals surface area contributed by atoms with Crippen LogP contribution < -0.4 is 0 Å². The summed E-state index contributed by atoms with van der Waals surface area (Å²) in [4.78, 5) is 23.9. The lowest BCUT2D eigenvalue weighted by Gasteiger charge is -2.30. The predicted octanol–water partition coefficient (Wildman–Crippen LogP) is 4.85. The molecule has 1 aliphatic carbocycles. The highest BCUT2D eigenvalue weighted by atomic mass is 16.2. The lowest BCUT2D eigenvalue weighted by Crippen LogP contribution is -2.39. The zero-order valence-electron chi connectivity index (χ0n) is 12.8. The highest BCUT2D eigenvalue weighted by molar-refractivity contribution is 6.08. The fourth-order valence-electron chi connectivity index (χ4n) is 3.01. The fourth-order valence-corrected chi connectivity index (χ4v) is 3.01. The van der Waals surface area contributed by atoms with E-state index in [1.54, 1.807) is 0 Å². The largest absolute Gasteiger partial charge is 0.299 e. The molecule has 0 aromatic heterocycles. The minimum atomic E-state index is -0.638. The van der Waals surface area contributed by atoms with E-state index in [-0.39, 0.29) is 11.6 Å². The Bertz CT molecular complexity index is 278. The average molecular weight is 266 g/mol. The highest BCUT2D eigenvalue weighted by Gasteiger charge is 2.41. The standard InChI is InChI=1S/C17H30O2/c1-3-4-5-6-7-8-9-10-14-17(2)15(18)12-11-13-16(17)19/h3-14H2,1-2H3. The number of hydrogen-bond donors (Lipinski definition) is 0. The third-order valence-electron chi connectivity index (χ3n) is 4.57. The van der Waals surface area contributed by atoms with Crippen molar-refractivity contribution in [1.29, 1.82) is 0 Å². The van der Waals surface area contributed by atoms with Crippen molar-refractivity contribution in [1.82, 2.24) is 0 Å². The van der Waals surface area contributed by atoms with Crippen LogP contribution in [0.25, 0.3) is 0 Å². The molecule has 1 saturated carbocycles. The maximum atomic E-state index is 11.9. The van der Waals surface area contributed by atoms with E-state index in [1.807, 2.05) is 6.92 Å². The summed E-state index contributed by atoms with van der Waals surface area (Å²) in [6, 6.07) is 0. The molecule has 0 aliphatic heterocycles. The van der Waals surface area contributed by atoms with Gasteiger partial charge in [-0.15, -0.1) is 0 Å². The minimum Gasteiger partial charge on any atom is -0.299 e. The monoisotopic (exact) mass is 266 g/mol. The van der Waals surface area contributed by atoms with E-state index < -0.39 is 5.41 Å². The molecule has 0 atom stereocenters. The summed E-state index contributed by atoms with van der Waals surface area (Å²) in [6.07, 6.45) is 12.9.